The number of hydrogen-bond acceptors (Lipinski definition) is 8. The van der Waals surface area contributed by atoms with Crippen molar-refractivity contribution < 1.29 is 29.5 Å². The summed E-state index contributed by atoms with van der Waals surface area (Å²) in [5.41, 5.74) is -0.645. The number of phenolic OH excluding ortho intramolecular Hbond substituents is 2. The van der Waals surface area contributed by atoms with Crippen LogP contribution in [0.15, 0.2) is 54.6 Å². The van der Waals surface area contributed by atoms with Crippen LogP contribution in [0, 0.1) is 32.6 Å². The van der Waals surface area contributed by atoms with E-state index in [2.05, 4.69) is 5.92 Å². The van der Waals surface area contributed by atoms with Crippen molar-refractivity contribution in [3.8, 4) is 46.8 Å². The number of rotatable bonds is 6. The van der Waals surface area contributed by atoms with E-state index in [-0.39, 0.29) is 28.6 Å². The number of nitro benzene ring substituents is 2. The standard InChI is InChI=1S/C20H12N2O8/c1-2-12-9-13(29-14-3-6-16(21(25)26)18(23)10-14)5-8-20(12)30-15-4-7-17(22(27)28)19(24)11-15/h1,3-11,23-24H. The monoisotopic (exact) mass is 408 g/mol. The van der Waals surface area contributed by atoms with Gasteiger partial charge in [-0.05, 0) is 24.3 Å². The van der Waals surface area contributed by atoms with Crippen LogP contribution in [0.3, 0.4) is 0 Å². The summed E-state index contributed by atoms with van der Waals surface area (Å²) in [4.78, 5) is 20.1. The first-order valence-corrected chi connectivity index (χ1v) is 8.19. The third-order valence-corrected chi connectivity index (χ3v) is 3.86. The quantitative estimate of drug-likeness (QED) is 0.345. The number of aromatic hydroxyl groups is 2. The molecule has 3 rings (SSSR count). The van der Waals surface area contributed by atoms with Crippen LogP contribution in [0.2, 0.25) is 0 Å². The van der Waals surface area contributed by atoms with E-state index in [4.69, 9.17) is 15.9 Å². The second-order valence-electron chi connectivity index (χ2n) is 5.82. The second-order valence-corrected chi connectivity index (χ2v) is 5.82. The van der Waals surface area contributed by atoms with Gasteiger partial charge in [-0.15, -0.1) is 6.42 Å². The lowest BCUT2D eigenvalue weighted by molar-refractivity contribution is -0.386. The van der Waals surface area contributed by atoms with Crippen LogP contribution in [-0.2, 0) is 0 Å². The van der Waals surface area contributed by atoms with Crippen molar-refractivity contribution in [3.63, 3.8) is 0 Å². The maximum atomic E-state index is 10.8. The van der Waals surface area contributed by atoms with Crippen molar-refractivity contribution in [2.75, 3.05) is 0 Å². The third-order valence-electron chi connectivity index (χ3n) is 3.86. The van der Waals surface area contributed by atoms with Gasteiger partial charge in [-0.3, -0.25) is 20.2 Å². The molecule has 10 heteroatoms. The number of terminal acetylenes is 1. The molecule has 10 nitrogen and oxygen atoms in total. The average Bonchev–Trinajstić information content (AvgIpc) is 2.68. The molecule has 0 spiro atoms. The highest BCUT2D eigenvalue weighted by molar-refractivity contribution is 5.55. The highest BCUT2D eigenvalue weighted by atomic mass is 16.6. The van der Waals surface area contributed by atoms with Gasteiger partial charge in [0.15, 0.2) is 11.5 Å². The summed E-state index contributed by atoms with van der Waals surface area (Å²) in [7, 11) is 0. The predicted octanol–water partition coefficient (Wildman–Crippen LogP) is 4.48. The number of hydrogen-bond donors (Lipinski definition) is 2. The molecule has 0 atom stereocenters. The van der Waals surface area contributed by atoms with Gasteiger partial charge < -0.3 is 19.7 Å². The van der Waals surface area contributed by atoms with Gasteiger partial charge in [-0.25, -0.2) is 0 Å². The summed E-state index contributed by atoms with van der Waals surface area (Å²) in [5, 5.41) is 40.9. The first-order valence-electron chi connectivity index (χ1n) is 8.19. The number of nitro groups is 2. The van der Waals surface area contributed by atoms with E-state index in [0.29, 0.717) is 0 Å². The highest BCUT2D eigenvalue weighted by Crippen LogP contribution is 2.36. The minimum atomic E-state index is -0.728. The van der Waals surface area contributed by atoms with Gasteiger partial charge in [0.25, 0.3) is 0 Å². The molecule has 0 aromatic heterocycles. The van der Waals surface area contributed by atoms with E-state index in [9.17, 15) is 30.4 Å². The zero-order valence-electron chi connectivity index (χ0n) is 15.0. The fourth-order valence-electron chi connectivity index (χ4n) is 2.48. The summed E-state index contributed by atoms with van der Waals surface area (Å²) in [5.74, 6) is 2.08. The van der Waals surface area contributed by atoms with Gasteiger partial charge in [0.2, 0.25) is 0 Å². The Morgan fingerprint density at radius 3 is 1.70 bits per heavy atom. The van der Waals surface area contributed by atoms with Crippen LogP contribution in [0.25, 0.3) is 0 Å². The molecule has 0 saturated carbocycles. The summed E-state index contributed by atoms with van der Waals surface area (Å²) < 4.78 is 11.1. The maximum absolute atomic E-state index is 10.8. The molecule has 150 valence electrons. The largest absolute Gasteiger partial charge is 0.502 e. The first kappa shape index (κ1) is 20.0. The van der Waals surface area contributed by atoms with Crippen molar-refractivity contribution in [1.29, 1.82) is 0 Å². The van der Waals surface area contributed by atoms with Crippen LogP contribution < -0.4 is 9.47 Å². The molecular weight excluding hydrogens is 396 g/mol. The number of ether oxygens (including phenoxy) is 2. The Hall–Kier alpha value is -4.78. The minimum absolute atomic E-state index is 0.128. The van der Waals surface area contributed by atoms with Crippen LogP contribution >= 0.6 is 0 Å². The predicted molar refractivity (Wildman–Crippen MR) is 104 cm³/mol. The third kappa shape index (κ3) is 4.20. The van der Waals surface area contributed by atoms with Gasteiger partial charge in [-0.2, -0.15) is 0 Å². The molecule has 0 saturated heterocycles. The van der Waals surface area contributed by atoms with E-state index in [1.807, 2.05) is 0 Å². The molecule has 2 N–H and O–H groups in total. The SMILES string of the molecule is C#Cc1cc(Oc2ccc([N+](=O)[O-])c(O)c2)ccc1Oc1ccc([N+](=O)[O-])c(O)c1. The first-order chi connectivity index (χ1) is 14.3. The van der Waals surface area contributed by atoms with Gasteiger partial charge in [0.05, 0.1) is 15.4 Å². The molecule has 0 aliphatic carbocycles. The zero-order chi connectivity index (χ0) is 21.8. The Morgan fingerprint density at radius 1 is 0.767 bits per heavy atom. The molecule has 0 fully saturated rings. The van der Waals surface area contributed by atoms with Crippen LogP contribution in [0.1, 0.15) is 5.56 Å². The molecule has 0 aliphatic heterocycles. The number of benzene rings is 3. The molecule has 0 unspecified atom stereocenters. The van der Waals surface area contributed by atoms with Gasteiger partial charge in [0.1, 0.15) is 23.0 Å². The van der Waals surface area contributed by atoms with Crippen molar-refractivity contribution in [2.45, 2.75) is 0 Å². The van der Waals surface area contributed by atoms with Gasteiger partial charge >= 0.3 is 11.4 Å². The normalized spacial score (nSPS) is 10.1. The molecular formula is C20H12N2O8. The van der Waals surface area contributed by atoms with E-state index in [0.717, 1.165) is 24.3 Å². The second kappa shape index (κ2) is 8.07. The van der Waals surface area contributed by atoms with Crippen LogP contribution in [0.5, 0.6) is 34.5 Å². The molecule has 3 aromatic carbocycles. The Labute approximate surface area is 168 Å². The van der Waals surface area contributed by atoms with Gasteiger partial charge in [0, 0.05) is 30.3 Å². The average molecular weight is 408 g/mol. The molecule has 0 amide bonds. The zero-order valence-corrected chi connectivity index (χ0v) is 15.0. The molecule has 3 aromatic rings. The summed E-state index contributed by atoms with van der Waals surface area (Å²) in [6, 6.07) is 11.4. The fourth-order valence-corrected chi connectivity index (χ4v) is 2.48. The molecule has 0 bridgehead atoms. The Morgan fingerprint density at radius 2 is 1.23 bits per heavy atom. The van der Waals surface area contributed by atoms with Crippen molar-refractivity contribution in [2.24, 2.45) is 0 Å². The number of phenols is 2. The molecule has 0 aliphatic rings. The van der Waals surface area contributed by atoms with E-state index in [1.165, 1.54) is 30.3 Å². The minimum Gasteiger partial charge on any atom is -0.502 e. The maximum Gasteiger partial charge on any atom is 0.310 e. The Bertz CT molecular complexity index is 1200. The van der Waals surface area contributed by atoms with Crippen LogP contribution in [-0.4, -0.2) is 20.1 Å². The van der Waals surface area contributed by atoms with Crippen molar-refractivity contribution in [3.05, 3.63) is 80.4 Å². The summed E-state index contributed by atoms with van der Waals surface area (Å²) in [6.07, 6.45) is 5.50. The van der Waals surface area contributed by atoms with E-state index >= 15 is 0 Å². The van der Waals surface area contributed by atoms with Crippen molar-refractivity contribution >= 4 is 11.4 Å². The lowest BCUT2D eigenvalue weighted by atomic mass is 10.2. The Balaban J connectivity index is 1.83. The number of nitrogens with zero attached hydrogens (tertiary/aromatic N) is 2. The lowest BCUT2D eigenvalue weighted by Gasteiger charge is -2.11. The van der Waals surface area contributed by atoms with E-state index < -0.39 is 32.7 Å². The summed E-state index contributed by atoms with van der Waals surface area (Å²) >= 11 is 0. The molecule has 30 heavy (non-hydrogen) atoms. The van der Waals surface area contributed by atoms with Gasteiger partial charge in [-0.1, -0.05) is 5.92 Å². The van der Waals surface area contributed by atoms with Crippen LogP contribution in [0.4, 0.5) is 11.4 Å². The van der Waals surface area contributed by atoms with E-state index in [1.54, 1.807) is 0 Å². The Kier molecular flexibility index (Phi) is 5.37. The highest BCUT2D eigenvalue weighted by Gasteiger charge is 2.16. The topological polar surface area (TPSA) is 145 Å². The fraction of sp³-hybridized carbons (Fsp3) is 0. The lowest BCUT2D eigenvalue weighted by Crippen LogP contribution is -1.93. The summed E-state index contributed by atoms with van der Waals surface area (Å²) in [6.45, 7) is 0. The van der Waals surface area contributed by atoms with Crippen molar-refractivity contribution in [1.82, 2.24) is 0 Å². The molecule has 0 heterocycles. The smallest absolute Gasteiger partial charge is 0.310 e. The molecule has 0 radical (unpaired) electrons.